The molecule has 12 heteroatoms. The second-order valence-corrected chi connectivity index (χ2v) is 9.53. The van der Waals surface area contributed by atoms with E-state index in [4.69, 9.17) is 16.3 Å². The maximum Gasteiger partial charge on any atom is 0.418 e. The number of rotatable bonds is 8. The maximum absolute atomic E-state index is 13.4. The second-order valence-electron chi connectivity index (χ2n) is 9.12. The Kier molecular flexibility index (Phi) is 7.89. The number of nitrogens with zero attached hydrogens (tertiary/aromatic N) is 2. The molecule has 1 amide bonds. The molecule has 3 aromatic rings. The van der Waals surface area contributed by atoms with Crippen molar-refractivity contribution in [1.29, 1.82) is 0 Å². The van der Waals surface area contributed by atoms with Crippen LogP contribution in [0.2, 0.25) is 5.02 Å². The van der Waals surface area contributed by atoms with Crippen LogP contribution in [-0.4, -0.2) is 40.0 Å². The molecule has 1 aliphatic rings. The van der Waals surface area contributed by atoms with Crippen molar-refractivity contribution in [2.45, 2.75) is 32.5 Å². The third kappa shape index (κ3) is 6.22. The minimum atomic E-state index is -4.55. The molecule has 1 fully saturated rings. The van der Waals surface area contributed by atoms with Gasteiger partial charge in [-0.1, -0.05) is 23.2 Å². The molecule has 3 heterocycles. The topological polar surface area (TPSA) is 113 Å². The van der Waals surface area contributed by atoms with Crippen LogP contribution in [0.25, 0.3) is 0 Å². The van der Waals surface area contributed by atoms with Crippen LogP contribution in [0.4, 0.5) is 24.5 Å². The summed E-state index contributed by atoms with van der Waals surface area (Å²) < 4.78 is 45.7. The lowest BCUT2D eigenvalue weighted by Crippen LogP contribution is -2.43. The molecule has 2 aromatic heterocycles. The third-order valence-electron chi connectivity index (χ3n) is 6.22. The van der Waals surface area contributed by atoms with Gasteiger partial charge in [-0.25, -0.2) is 0 Å². The zero-order valence-corrected chi connectivity index (χ0v) is 21.0. The number of ether oxygens (including phenoxy) is 1. The Balaban J connectivity index is 1.44. The molecule has 1 aromatic carbocycles. The van der Waals surface area contributed by atoms with Crippen LogP contribution < -0.4 is 10.6 Å². The molecule has 1 aliphatic heterocycles. The zero-order chi connectivity index (χ0) is 27.5. The highest BCUT2D eigenvalue weighted by Gasteiger charge is 2.44. The molecule has 4 rings (SSSR count). The number of halogens is 4. The molecule has 0 unspecified atom stereocenters. The van der Waals surface area contributed by atoms with Crippen molar-refractivity contribution >= 4 is 34.7 Å². The number of hydrogen-bond donors (Lipinski definition) is 3. The normalized spacial score (nSPS) is 17.3. The smallest absolute Gasteiger partial charge is 0.418 e. The van der Waals surface area contributed by atoms with E-state index in [1.54, 1.807) is 13.0 Å². The van der Waals surface area contributed by atoms with Gasteiger partial charge < -0.3 is 20.5 Å². The van der Waals surface area contributed by atoms with Crippen LogP contribution in [0.3, 0.4) is 0 Å². The summed E-state index contributed by atoms with van der Waals surface area (Å²) in [7, 11) is 0. The molecular weight excluding hydrogens is 525 g/mol. The van der Waals surface area contributed by atoms with Crippen LogP contribution in [0.5, 0.6) is 5.75 Å². The first-order chi connectivity index (χ1) is 18.0. The van der Waals surface area contributed by atoms with Crippen LogP contribution >= 0.6 is 11.6 Å². The highest BCUT2D eigenvalue weighted by molar-refractivity contribution is 6.31. The number of benzene rings is 1. The number of Topliss-reactive ketones (excluding diaryl/α,β-unsaturated/α-hetero) is 1. The number of ketones is 1. The molecule has 200 valence electrons. The van der Waals surface area contributed by atoms with Gasteiger partial charge in [0.25, 0.3) is 0 Å². The van der Waals surface area contributed by atoms with E-state index in [1.807, 2.05) is 0 Å². The van der Waals surface area contributed by atoms with Crippen molar-refractivity contribution in [2.75, 3.05) is 18.5 Å². The minimum absolute atomic E-state index is 0.0406. The predicted octanol–water partition coefficient (Wildman–Crippen LogP) is 5.20. The van der Waals surface area contributed by atoms with Gasteiger partial charge in [-0.2, -0.15) is 13.2 Å². The molecule has 0 radical (unpaired) electrons. The van der Waals surface area contributed by atoms with E-state index in [-0.39, 0.29) is 53.1 Å². The Morgan fingerprint density at radius 3 is 2.63 bits per heavy atom. The number of alkyl halides is 3. The first-order valence-electron chi connectivity index (χ1n) is 11.6. The van der Waals surface area contributed by atoms with E-state index in [0.29, 0.717) is 24.3 Å². The molecular formula is C26H24ClF3N4O4. The first kappa shape index (κ1) is 27.3. The number of aromatic nitrogens is 2. The summed E-state index contributed by atoms with van der Waals surface area (Å²) in [5, 5.41) is 15.2. The van der Waals surface area contributed by atoms with Crippen molar-refractivity contribution in [3.8, 4) is 5.75 Å². The van der Waals surface area contributed by atoms with Gasteiger partial charge in [0, 0.05) is 24.8 Å². The lowest BCUT2D eigenvalue weighted by atomic mass is 9.80. The highest BCUT2D eigenvalue weighted by Crippen LogP contribution is 2.37. The number of anilines is 2. The fourth-order valence-corrected chi connectivity index (χ4v) is 4.40. The van der Waals surface area contributed by atoms with E-state index in [0.717, 1.165) is 6.07 Å². The van der Waals surface area contributed by atoms with Crippen LogP contribution in [0, 0.1) is 12.3 Å². The third-order valence-corrected chi connectivity index (χ3v) is 6.55. The van der Waals surface area contributed by atoms with Gasteiger partial charge in [-0.3, -0.25) is 19.6 Å². The average Bonchev–Trinajstić information content (AvgIpc) is 3.33. The van der Waals surface area contributed by atoms with Crippen LogP contribution in [-0.2, 0) is 22.3 Å². The van der Waals surface area contributed by atoms with Gasteiger partial charge in [-0.15, -0.1) is 0 Å². The van der Waals surface area contributed by atoms with Crippen molar-refractivity contribution < 1.29 is 32.6 Å². The molecule has 3 N–H and O–H groups in total. The maximum atomic E-state index is 13.4. The van der Waals surface area contributed by atoms with Gasteiger partial charge in [0.05, 0.1) is 58.6 Å². The van der Waals surface area contributed by atoms with Crippen molar-refractivity contribution in [2.24, 2.45) is 5.41 Å². The summed E-state index contributed by atoms with van der Waals surface area (Å²) in [6.45, 7) is 1.85. The molecule has 1 atom stereocenters. The molecule has 0 spiro atoms. The van der Waals surface area contributed by atoms with E-state index in [1.165, 1.54) is 36.8 Å². The lowest BCUT2D eigenvalue weighted by Gasteiger charge is -2.25. The standard InChI is InChI=1S/C26H24ClF3N4O4/c1-15-2-3-21(19(6-15)26(28,29)30)34-17-8-20(27)22(32-11-17)13-33-24(37)25(4-5-38-14-25)9-23(36)16-7-18(35)12-31-10-16/h2-3,6-8,10-12,34-35H,4-5,9,13-14H2,1H3,(H,33,37)/t25-/m0/s1. The summed E-state index contributed by atoms with van der Waals surface area (Å²) in [5.41, 5.74) is -0.888. The average molecular weight is 549 g/mol. The summed E-state index contributed by atoms with van der Waals surface area (Å²) >= 11 is 6.32. The Hall–Kier alpha value is -3.70. The number of amides is 1. The minimum Gasteiger partial charge on any atom is -0.506 e. The van der Waals surface area contributed by atoms with Crippen LogP contribution in [0.15, 0.2) is 48.9 Å². The summed E-state index contributed by atoms with van der Waals surface area (Å²) in [4.78, 5) is 33.9. The summed E-state index contributed by atoms with van der Waals surface area (Å²) in [5.74, 6) is -0.950. The number of aromatic hydroxyl groups is 1. The Morgan fingerprint density at radius 1 is 1.18 bits per heavy atom. The highest BCUT2D eigenvalue weighted by atomic mass is 35.5. The Morgan fingerprint density at radius 2 is 1.97 bits per heavy atom. The number of carbonyl (C=O) groups excluding carboxylic acids is 2. The summed E-state index contributed by atoms with van der Waals surface area (Å²) in [6, 6.07) is 6.64. The quantitative estimate of drug-likeness (QED) is 0.331. The van der Waals surface area contributed by atoms with Crippen molar-refractivity contribution in [3.05, 3.63) is 76.3 Å². The van der Waals surface area contributed by atoms with Crippen LogP contribution in [0.1, 0.15) is 40.0 Å². The Labute approximate surface area is 221 Å². The van der Waals surface area contributed by atoms with Gasteiger partial charge in [0.1, 0.15) is 5.75 Å². The van der Waals surface area contributed by atoms with Gasteiger partial charge in [-0.05, 0) is 37.6 Å². The monoisotopic (exact) mass is 548 g/mol. The van der Waals surface area contributed by atoms with E-state index >= 15 is 0 Å². The molecule has 0 aliphatic carbocycles. The number of carbonyl (C=O) groups is 2. The van der Waals surface area contributed by atoms with E-state index < -0.39 is 23.1 Å². The molecule has 0 saturated carbocycles. The van der Waals surface area contributed by atoms with Gasteiger partial charge >= 0.3 is 6.18 Å². The lowest BCUT2D eigenvalue weighted by molar-refractivity contribution is -0.137. The number of hydrogen-bond acceptors (Lipinski definition) is 7. The molecule has 8 nitrogen and oxygen atoms in total. The molecule has 38 heavy (non-hydrogen) atoms. The number of pyridine rings is 2. The fourth-order valence-electron chi connectivity index (χ4n) is 4.17. The SMILES string of the molecule is Cc1ccc(Nc2cnc(CNC(=O)[C@]3(CC(=O)c4cncc(O)c4)CCOC3)c(Cl)c2)c(C(F)(F)F)c1. The number of aryl methyl sites for hydroxylation is 1. The number of nitrogens with one attached hydrogen (secondary N) is 2. The fraction of sp³-hybridized carbons (Fsp3) is 0.308. The van der Waals surface area contributed by atoms with Crippen molar-refractivity contribution in [1.82, 2.24) is 15.3 Å². The van der Waals surface area contributed by atoms with Crippen molar-refractivity contribution in [3.63, 3.8) is 0 Å². The summed E-state index contributed by atoms with van der Waals surface area (Å²) in [6.07, 6.45) is -0.539. The zero-order valence-electron chi connectivity index (χ0n) is 20.2. The largest absolute Gasteiger partial charge is 0.506 e. The van der Waals surface area contributed by atoms with Gasteiger partial charge in [0.15, 0.2) is 5.78 Å². The van der Waals surface area contributed by atoms with Gasteiger partial charge in [0.2, 0.25) is 5.91 Å². The second kappa shape index (κ2) is 11.0. The molecule has 1 saturated heterocycles. The predicted molar refractivity (Wildman–Crippen MR) is 133 cm³/mol. The first-order valence-corrected chi connectivity index (χ1v) is 12.0. The van der Waals surface area contributed by atoms with E-state index in [2.05, 4.69) is 20.6 Å². The molecule has 0 bridgehead atoms. The van der Waals surface area contributed by atoms with E-state index in [9.17, 15) is 27.9 Å². The Bertz CT molecular complexity index is 1360.